The summed E-state index contributed by atoms with van der Waals surface area (Å²) in [5.41, 5.74) is 1.65. The molecule has 0 bridgehead atoms. The SMILES string of the molecule is C=CN/C(C)=C(\CC)C(=O)NCCN(CC)CC. The van der Waals surface area contributed by atoms with Crippen LogP contribution in [0.25, 0.3) is 0 Å². The fourth-order valence-corrected chi connectivity index (χ4v) is 1.81. The molecule has 0 aromatic rings. The molecule has 0 aromatic carbocycles. The van der Waals surface area contributed by atoms with Crippen LogP contribution in [0.5, 0.6) is 0 Å². The van der Waals surface area contributed by atoms with Crippen molar-refractivity contribution in [3.05, 3.63) is 24.0 Å². The van der Waals surface area contributed by atoms with Gasteiger partial charge in [0.05, 0.1) is 0 Å². The lowest BCUT2D eigenvalue weighted by Gasteiger charge is -2.18. The number of hydrogen-bond donors (Lipinski definition) is 2. The van der Waals surface area contributed by atoms with Crippen molar-refractivity contribution in [2.75, 3.05) is 26.2 Å². The maximum absolute atomic E-state index is 12.0. The van der Waals surface area contributed by atoms with Crippen LogP contribution in [0.2, 0.25) is 0 Å². The second-order valence-electron chi connectivity index (χ2n) is 4.09. The van der Waals surface area contributed by atoms with E-state index in [1.807, 2.05) is 13.8 Å². The van der Waals surface area contributed by atoms with Gasteiger partial charge in [-0.2, -0.15) is 0 Å². The lowest BCUT2D eigenvalue weighted by atomic mass is 10.1. The molecule has 0 rings (SSSR count). The molecule has 0 aliphatic carbocycles. The Hall–Kier alpha value is -1.29. The van der Waals surface area contributed by atoms with Crippen LogP contribution in [-0.4, -0.2) is 37.0 Å². The molecule has 1 amide bonds. The molecule has 104 valence electrons. The van der Waals surface area contributed by atoms with E-state index in [0.717, 1.165) is 30.9 Å². The third-order valence-electron chi connectivity index (χ3n) is 3.01. The highest BCUT2D eigenvalue weighted by Gasteiger charge is 2.10. The van der Waals surface area contributed by atoms with Gasteiger partial charge in [-0.05, 0) is 32.6 Å². The maximum atomic E-state index is 12.0. The summed E-state index contributed by atoms with van der Waals surface area (Å²) in [4.78, 5) is 14.3. The molecule has 0 radical (unpaired) electrons. The lowest BCUT2D eigenvalue weighted by molar-refractivity contribution is -0.117. The Morgan fingerprint density at radius 3 is 2.33 bits per heavy atom. The van der Waals surface area contributed by atoms with Crippen LogP contribution in [0.1, 0.15) is 34.1 Å². The van der Waals surface area contributed by atoms with Gasteiger partial charge in [0.2, 0.25) is 5.91 Å². The highest BCUT2D eigenvalue weighted by atomic mass is 16.1. The number of likely N-dealkylation sites (N-methyl/N-ethyl adjacent to an activating group) is 1. The van der Waals surface area contributed by atoms with Gasteiger partial charge in [-0.15, -0.1) is 0 Å². The van der Waals surface area contributed by atoms with E-state index in [0.29, 0.717) is 13.0 Å². The van der Waals surface area contributed by atoms with Crippen LogP contribution in [0.15, 0.2) is 24.0 Å². The van der Waals surface area contributed by atoms with Crippen molar-refractivity contribution in [3.8, 4) is 0 Å². The Kier molecular flexibility index (Phi) is 9.01. The Labute approximate surface area is 111 Å². The zero-order valence-electron chi connectivity index (χ0n) is 12.2. The van der Waals surface area contributed by atoms with Gasteiger partial charge in [-0.3, -0.25) is 4.79 Å². The maximum Gasteiger partial charge on any atom is 0.248 e. The van der Waals surface area contributed by atoms with E-state index in [2.05, 4.69) is 36.0 Å². The molecular formula is C14H27N3O. The largest absolute Gasteiger partial charge is 0.365 e. The zero-order chi connectivity index (χ0) is 14.0. The number of nitrogens with one attached hydrogen (secondary N) is 2. The molecule has 0 aliphatic rings. The van der Waals surface area contributed by atoms with E-state index in [-0.39, 0.29) is 5.91 Å². The molecule has 4 nitrogen and oxygen atoms in total. The highest BCUT2D eigenvalue weighted by Crippen LogP contribution is 2.06. The molecule has 0 fully saturated rings. The molecule has 0 aromatic heterocycles. The predicted octanol–water partition coefficient (Wildman–Crippen LogP) is 1.86. The number of carbonyl (C=O) groups excluding carboxylic acids is 1. The molecule has 0 saturated heterocycles. The van der Waals surface area contributed by atoms with Crippen LogP contribution < -0.4 is 10.6 Å². The first-order chi connectivity index (χ1) is 8.60. The number of nitrogens with zero attached hydrogens (tertiary/aromatic N) is 1. The number of carbonyl (C=O) groups is 1. The van der Waals surface area contributed by atoms with Crippen molar-refractivity contribution in [3.63, 3.8) is 0 Å². The van der Waals surface area contributed by atoms with E-state index in [4.69, 9.17) is 0 Å². The molecule has 0 atom stereocenters. The van der Waals surface area contributed by atoms with Gasteiger partial charge in [-0.1, -0.05) is 27.4 Å². The summed E-state index contributed by atoms with van der Waals surface area (Å²) >= 11 is 0. The van der Waals surface area contributed by atoms with E-state index in [1.54, 1.807) is 6.20 Å². The molecule has 0 unspecified atom stereocenters. The average molecular weight is 253 g/mol. The van der Waals surface area contributed by atoms with Crippen LogP contribution in [0.4, 0.5) is 0 Å². The summed E-state index contributed by atoms with van der Waals surface area (Å²) in [6.07, 6.45) is 2.30. The van der Waals surface area contributed by atoms with Gasteiger partial charge in [-0.25, -0.2) is 0 Å². The summed E-state index contributed by atoms with van der Waals surface area (Å²) in [5.74, 6) is 0.0107. The quantitative estimate of drug-likeness (QED) is 0.617. The second-order valence-corrected chi connectivity index (χ2v) is 4.09. The standard InChI is InChI=1S/C14H27N3O/c1-6-13(12(5)15-7-2)14(18)16-10-11-17(8-3)9-4/h7,15H,2,6,8-11H2,1,3-5H3,(H,16,18)/b13-12+. The van der Waals surface area contributed by atoms with Crippen molar-refractivity contribution < 1.29 is 4.79 Å². The van der Waals surface area contributed by atoms with Crippen LogP contribution in [-0.2, 0) is 4.79 Å². The zero-order valence-corrected chi connectivity index (χ0v) is 12.2. The average Bonchev–Trinajstić information content (AvgIpc) is 2.36. The lowest BCUT2D eigenvalue weighted by Crippen LogP contribution is -2.35. The Morgan fingerprint density at radius 2 is 1.89 bits per heavy atom. The minimum absolute atomic E-state index is 0.0107. The molecule has 0 spiro atoms. The molecule has 4 heteroatoms. The Morgan fingerprint density at radius 1 is 1.28 bits per heavy atom. The first-order valence-electron chi connectivity index (χ1n) is 6.68. The van der Waals surface area contributed by atoms with Crippen LogP contribution in [0.3, 0.4) is 0 Å². The van der Waals surface area contributed by atoms with Crippen LogP contribution in [0, 0.1) is 0 Å². The molecule has 2 N–H and O–H groups in total. The number of hydrogen-bond acceptors (Lipinski definition) is 3. The van der Waals surface area contributed by atoms with Gasteiger partial charge in [0.25, 0.3) is 0 Å². The molecule has 0 aliphatic heterocycles. The number of rotatable bonds is 9. The normalized spacial score (nSPS) is 12.1. The molecular weight excluding hydrogens is 226 g/mol. The summed E-state index contributed by atoms with van der Waals surface area (Å²) in [6.45, 7) is 15.3. The number of allylic oxidation sites excluding steroid dienone is 1. The van der Waals surface area contributed by atoms with Gasteiger partial charge < -0.3 is 15.5 Å². The van der Waals surface area contributed by atoms with Crippen molar-refractivity contribution in [2.45, 2.75) is 34.1 Å². The molecule has 0 saturated carbocycles. The first-order valence-corrected chi connectivity index (χ1v) is 6.68. The summed E-state index contributed by atoms with van der Waals surface area (Å²) in [5, 5.41) is 5.93. The van der Waals surface area contributed by atoms with Gasteiger partial charge in [0.15, 0.2) is 0 Å². The van der Waals surface area contributed by atoms with E-state index in [9.17, 15) is 4.79 Å². The molecule has 0 heterocycles. The van der Waals surface area contributed by atoms with Crippen molar-refractivity contribution in [1.82, 2.24) is 15.5 Å². The van der Waals surface area contributed by atoms with Crippen molar-refractivity contribution in [2.24, 2.45) is 0 Å². The van der Waals surface area contributed by atoms with Gasteiger partial charge in [0.1, 0.15) is 0 Å². The van der Waals surface area contributed by atoms with Gasteiger partial charge in [0, 0.05) is 24.4 Å². The predicted molar refractivity (Wildman–Crippen MR) is 77.1 cm³/mol. The van der Waals surface area contributed by atoms with Crippen molar-refractivity contribution >= 4 is 5.91 Å². The summed E-state index contributed by atoms with van der Waals surface area (Å²) in [6, 6.07) is 0. The highest BCUT2D eigenvalue weighted by molar-refractivity contribution is 5.93. The topological polar surface area (TPSA) is 44.4 Å². The monoisotopic (exact) mass is 253 g/mol. The molecule has 18 heavy (non-hydrogen) atoms. The summed E-state index contributed by atoms with van der Waals surface area (Å²) in [7, 11) is 0. The Balaban J connectivity index is 4.29. The van der Waals surface area contributed by atoms with E-state index >= 15 is 0 Å². The first kappa shape index (κ1) is 16.7. The van der Waals surface area contributed by atoms with Gasteiger partial charge >= 0.3 is 0 Å². The smallest absolute Gasteiger partial charge is 0.248 e. The van der Waals surface area contributed by atoms with E-state index in [1.165, 1.54) is 0 Å². The minimum Gasteiger partial charge on any atom is -0.365 e. The minimum atomic E-state index is 0.0107. The third kappa shape index (κ3) is 5.87. The van der Waals surface area contributed by atoms with Crippen molar-refractivity contribution in [1.29, 1.82) is 0 Å². The third-order valence-corrected chi connectivity index (χ3v) is 3.01. The second kappa shape index (κ2) is 9.71. The Bertz CT molecular complexity index is 293. The summed E-state index contributed by atoms with van der Waals surface area (Å²) < 4.78 is 0. The van der Waals surface area contributed by atoms with E-state index < -0.39 is 0 Å². The number of amides is 1. The fraction of sp³-hybridized carbons (Fsp3) is 0.643. The fourth-order valence-electron chi connectivity index (χ4n) is 1.81. The van der Waals surface area contributed by atoms with Crippen LogP contribution >= 0.6 is 0 Å².